The normalized spacial score (nSPS) is 11.3. The smallest absolute Gasteiger partial charge is 0.155 e. The number of anilines is 2. The molecule has 0 radical (unpaired) electrons. The summed E-state index contributed by atoms with van der Waals surface area (Å²) >= 11 is 0. The van der Waals surface area contributed by atoms with Gasteiger partial charge in [-0.15, -0.1) is 0 Å². The van der Waals surface area contributed by atoms with E-state index in [1.165, 1.54) is 6.34 Å². The van der Waals surface area contributed by atoms with Crippen LogP contribution in [0.25, 0.3) is 6.08 Å². The summed E-state index contributed by atoms with van der Waals surface area (Å²) in [7, 11) is 5.29. The molecule has 0 aliphatic heterocycles. The standard InChI is InChI=1S/C11H16FN5/c1-14-7-16-11-10(13)8(4-5-17(2)3)9(12)6-15-11/h4-7H,13H2,1-3H3,(H,14,15,16)/b5-4+. The van der Waals surface area contributed by atoms with Crippen LogP contribution in [-0.2, 0) is 0 Å². The highest BCUT2D eigenvalue weighted by molar-refractivity contribution is 5.83. The van der Waals surface area contributed by atoms with E-state index in [2.05, 4.69) is 15.3 Å². The number of nitrogens with one attached hydrogen (secondary N) is 1. The van der Waals surface area contributed by atoms with Gasteiger partial charge < -0.3 is 16.0 Å². The van der Waals surface area contributed by atoms with Crippen LogP contribution in [0, 0.1) is 5.82 Å². The Morgan fingerprint density at radius 2 is 2.24 bits per heavy atom. The molecule has 0 amide bonds. The number of rotatable bonds is 4. The molecule has 0 atom stereocenters. The lowest BCUT2D eigenvalue weighted by molar-refractivity contribution is 0.566. The third kappa shape index (κ3) is 3.44. The van der Waals surface area contributed by atoms with E-state index in [1.807, 2.05) is 14.1 Å². The van der Waals surface area contributed by atoms with Crippen LogP contribution >= 0.6 is 0 Å². The fourth-order valence-corrected chi connectivity index (χ4v) is 1.15. The Labute approximate surface area is 99.9 Å². The molecule has 1 aromatic heterocycles. The van der Waals surface area contributed by atoms with Crippen molar-refractivity contribution in [3.63, 3.8) is 0 Å². The van der Waals surface area contributed by atoms with E-state index < -0.39 is 5.82 Å². The van der Waals surface area contributed by atoms with Crippen LogP contribution in [0.2, 0.25) is 0 Å². The van der Waals surface area contributed by atoms with Gasteiger partial charge in [0, 0.05) is 26.7 Å². The molecule has 0 unspecified atom stereocenters. The lowest BCUT2D eigenvalue weighted by Gasteiger charge is -2.09. The molecule has 6 heteroatoms. The number of nitrogens with zero attached hydrogens (tertiary/aromatic N) is 3. The summed E-state index contributed by atoms with van der Waals surface area (Å²) in [5.74, 6) is -0.0741. The first-order valence-corrected chi connectivity index (χ1v) is 5.02. The molecule has 0 aliphatic rings. The first-order chi connectivity index (χ1) is 8.06. The molecule has 1 aromatic rings. The Balaban J connectivity index is 3.10. The van der Waals surface area contributed by atoms with Crippen molar-refractivity contribution in [2.75, 3.05) is 32.2 Å². The third-order valence-corrected chi connectivity index (χ3v) is 1.98. The summed E-state index contributed by atoms with van der Waals surface area (Å²) in [6, 6.07) is 0. The van der Waals surface area contributed by atoms with E-state index in [0.717, 1.165) is 6.20 Å². The van der Waals surface area contributed by atoms with E-state index in [9.17, 15) is 4.39 Å². The van der Waals surface area contributed by atoms with Crippen LogP contribution in [0.15, 0.2) is 17.4 Å². The quantitative estimate of drug-likeness (QED) is 0.613. The van der Waals surface area contributed by atoms with Crippen molar-refractivity contribution in [3.05, 3.63) is 23.8 Å². The fraction of sp³-hybridized carbons (Fsp3) is 0.273. The molecule has 0 fully saturated rings. The molecule has 0 bridgehead atoms. The van der Waals surface area contributed by atoms with Gasteiger partial charge in [-0.05, 0) is 12.3 Å². The maximum absolute atomic E-state index is 13.5. The van der Waals surface area contributed by atoms with Crippen molar-refractivity contribution in [1.82, 2.24) is 9.88 Å². The van der Waals surface area contributed by atoms with Gasteiger partial charge in [0.25, 0.3) is 0 Å². The van der Waals surface area contributed by atoms with Crippen molar-refractivity contribution in [2.45, 2.75) is 0 Å². The zero-order chi connectivity index (χ0) is 12.8. The highest BCUT2D eigenvalue weighted by Gasteiger charge is 2.09. The van der Waals surface area contributed by atoms with Gasteiger partial charge in [0.15, 0.2) is 11.6 Å². The first kappa shape index (κ1) is 13.0. The van der Waals surface area contributed by atoms with E-state index in [0.29, 0.717) is 11.4 Å². The monoisotopic (exact) mass is 237 g/mol. The second-order valence-electron chi connectivity index (χ2n) is 3.59. The molecule has 5 nitrogen and oxygen atoms in total. The molecule has 17 heavy (non-hydrogen) atoms. The molecule has 0 aliphatic carbocycles. The number of aliphatic imine (C=N–C) groups is 1. The number of hydrogen-bond acceptors (Lipinski definition) is 4. The molecule has 0 spiro atoms. The van der Waals surface area contributed by atoms with Crippen LogP contribution in [0.1, 0.15) is 5.56 Å². The van der Waals surface area contributed by atoms with Crippen molar-refractivity contribution in [2.24, 2.45) is 4.99 Å². The predicted octanol–water partition coefficient (Wildman–Crippen LogP) is 1.41. The maximum atomic E-state index is 13.5. The minimum absolute atomic E-state index is 0.253. The third-order valence-electron chi connectivity index (χ3n) is 1.98. The molecular weight excluding hydrogens is 221 g/mol. The average Bonchev–Trinajstić information content (AvgIpc) is 2.27. The summed E-state index contributed by atoms with van der Waals surface area (Å²) in [6.07, 6.45) is 5.88. The Bertz CT molecular complexity index is 440. The SMILES string of the molecule is CN=CNc1ncc(F)c(/C=C/N(C)C)c1N. The number of nitrogen functional groups attached to an aromatic ring is 1. The summed E-state index contributed by atoms with van der Waals surface area (Å²) in [6.45, 7) is 0. The number of aromatic nitrogens is 1. The maximum Gasteiger partial charge on any atom is 0.155 e. The van der Waals surface area contributed by atoms with Crippen LogP contribution in [0.4, 0.5) is 15.9 Å². The fourth-order valence-electron chi connectivity index (χ4n) is 1.15. The Kier molecular flexibility index (Phi) is 4.45. The number of nitrogens with two attached hydrogens (primary N) is 1. The lowest BCUT2D eigenvalue weighted by atomic mass is 10.2. The van der Waals surface area contributed by atoms with Crippen LogP contribution in [0.3, 0.4) is 0 Å². The van der Waals surface area contributed by atoms with Gasteiger partial charge >= 0.3 is 0 Å². The van der Waals surface area contributed by atoms with Crippen LogP contribution in [0.5, 0.6) is 0 Å². The molecule has 0 saturated carbocycles. The van der Waals surface area contributed by atoms with Gasteiger partial charge in [0.1, 0.15) is 0 Å². The van der Waals surface area contributed by atoms with Crippen molar-refractivity contribution < 1.29 is 4.39 Å². The zero-order valence-electron chi connectivity index (χ0n) is 10.1. The summed E-state index contributed by atoms with van der Waals surface area (Å²) < 4.78 is 13.5. The molecule has 0 saturated heterocycles. The molecule has 1 heterocycles. The highest BCUT2D eigenvalue weighted by atomic mass is 19.1. The Morgan fingerprint density at radius 3 is 2.82 bits per heavy atom. The molecule has 0 aromatic carbocycles. The van der Waals surface area contributed by atoms with Gasteiger partial charge in [-0.25, -0.2) is 9.37 Å². The average molecular weight is 237 g/mol. The van der Waals surface area contributed by atoms with Crippen molar-refractivity contribution >= 4 is 23.9 Å². The zero-order valence-corrected chi connectivity index (χ0v) is 10.1. The lowest BCUT2D eigenvalue weighted by Crippen LogP contribution is -2.06. The van der Waals surface area contributed by atoms with Gasteiger partial charge in [-0.3, -0.25) is 4.99 Å². The van der Waals surface area contributed by atoms with E-state index >= 15 is 0 Å². The number of halogens is 1. The molecule has 1 rings (SSSR count). The minimum Gasteiger partial charge on any atom is -0.395 e. The number of hydrogen-bond donors (Lipinski definition) is 2. The topological polar surface area (TPSA) is 66.5 Å². The van der Waals surface area contributed by atoms with Gasteiger partial charge in [-0.2, -0.15) is 0 Å². The van der Waals surface area contributed by atoms with Gasteiger partial charge in [0.05, 0.1) is 18.2 Å². The predicted molar refractivity (Wildman–Crippen MR) is 69.4 cm³/mol. The summed E-state index contributed by atoms with van der Waals surface area (Å²) in [5, 5.41) is 2.78. The number of pyridine rings is 1. The van der Waals surface area contributed by atoms with Gasteiger partial charge in [0.2, 0.25) is 0 Å². The largest absolute Gasteiger partial charge is 0.395 e. The highest BCUT2D eigenvalue weighted by Crippen LogP contribution is 2.23. The van der Waals surface area contributed by atoms with Crippen molar-refractivity contribution in [3.8, 4) is 0 Å². The summed E-state index contributed by atoms with van der Waals surface area (Å²) in [4.78, 5) is 9.39. The van der Waals surface area contributed by atoms with Gasteiger partial charge in [-0.1, -0.05) is 0 Å². The van der Waals surface area contributed by atoms with Crippen LogP contribution in [-0.4, -0.2) is 37.4 Å². The van der Waals surface area contributed by atoms with E-state index in [1.54, 1.807) is 24.2 Å². The molecular formula is C11H16FN5. The Morgan fingerprint density at radius 1 is 1.53 bits per heavy atom. The Hall–Kier alpha value is -2.11. The first-order valence-electron chi connectivity index (χ1n) is 5.02. The second kappa shape index (κ2) is 5.83. The molecule has 3 N–H and O–H groups in total. The van der Waals surface area contributed by atoms with Crippen LogP contribution < -0.4 is 11.1 Å². The second-order valence-corrected chi connectivity index (χ2v) is 3.59. The minimum atomic E-state index is -0.459. The van der Waals surface area contributed by atoms with E-state index in [4.69, 9.17) is 5.73 Å². The van der Waals surface area contributed by atoms with E-state index in [-0.39, 0.29) is 5.69 Å². The summed E-state index contributed by atoms with van der Waals surface area (Å²) in [5.41, 5.74) is 6.37. The van der Waals surface area contributed by atoms with Crippen molar-refractivity contribution in [1.29, 1.82) is 0 Å². The molecule has 92 valence electrons.